The summed E-state index contributed by atoms with van der Waals surface area (Å²) in [6.07, 6.45) is 0. The molecule has 0 aliphatic carbocycles. The van der Waals surface area contributed by atoms with Crippen molar-refractivity contribution < 1.29 is 9.47 Å². The summed E-state index contributed by atoms with van der Waals surface area (Å²) in [5, 5.41) is 0. The number of para-hydroxylation sites is 2. The molecule has 4 heteroatoms. The smallest absolute Gasteiger partial charge is 0.231 e. The molecule has 0 fully saturated rings. The van der Waals surface area contributed by atoms with Crippen molar-refractivity contribution in [3.8, 4) is 34.9 Å². The molecular weight excluding hydrogens is 324 g/mol. The van der Waals surface area contributed by atoms with Crippen molar-refractivity contribution in [1.82, 2.24) is 9.55 Å². The molecule has 0 unspecified atom stereocenters. The Morgan fingerprint density at radius 3 is 2.58 bits per heavy atom. The summed E-state index contributed by atoms with van der Waals surface area (Å²) in [6.45, 7) is 0.253. The number of nitrogens with zero attached hydrogens (tertiary/aromatic N) is 2. The van der Waals surface area contributed by atoms with E-state index in [4.69, 9.17) is 14.5 Å². The van der Waals surface area contributed by atoms with Crippen molar-refractivity contribution >= 4 is 11.0 Å². The van der Waals surface area contributed by atoms with E-state index in [2.05, 4.69) is 12.0 Å². The summed E-state index contributed by atoms with van der Waals surface area (Å²) in [5.41, 5.74) is 3.78. The van der Waals surface area contributed by atoms with Crippen molar-refractivity contribution in [3.63, 3.8) is 0 Å². The molecule has 0 amide bonds. The first kappa shape index (κ1) is 14.6. The van der Waals surface area contributed by atoms with E-state index in [9.17, 15) is 0 Å². The average molecular weight is 338 g/mol. The average Bonchev–Trinajstić information content (AvgIpc) is 3.31. The van der Waals surface area contributed by atoms with Gasteiger partial charge in [-0.25, -0.2) is 9.55 Å². The van der Waals surface area contributed by atoms with E-state index >= 15 is 0 Å². The maximum Gasteiger partial charge on any atom is 0.231 e. The van der Waals surface area contributed by atoms with Gasteiger partial charge in [0.1, 0.15) is 0 Å². The van der Waals surface area contributed by atoms with Crippen LogP contribution in [0.1, 0.15) is 5.56 Å². The molecule has 3 aromatic carbocycles. The van der Waals surface area contributed by atoms with Crippen LogP contribution in [0.3, 0.4) is 0 Å². The highest BCUT2D eigenvalue weighted by Gasteiger charge is 2.17. The number of imidazole rings is 1. The van der Waals surface area contributed by atoms with Crippen LogP contribution in [0.4, 0.5) is 0 Å². The van der Waals surface area contributed by atoms with Gasteiger partial charge < -0.3 is 9.47 Å². The second kappa shape index (κ2) is 5.98. The molecule has 0 radical (unpaired) electrons. The molecule has 5 rings (SSSR count). The fourth-order valence-electron chi connectivity index (χ4n) is 3.01. The number of aromatic nitrogens is 2. The van der Waals surface area contributed by atoms with Gasteiger partial charge in [-0.15, -0.1) is 0 Å². The summed E-state index contributed by atoms with van der Waals surface area (Å²) in [4.78, 5) is 4.78. The Bertz CT molecular complexity index is 1170. The molecule has 2 heterocycles. The summed E-state index contributed by atoms with van der Waals surface area (Å²) in [5.74, 6) is 5.49. The van der Waals surface area contributed by atoms with Crippen molar-refractivity contribution in [2.24, 2.45) is 0 Å². The van der Waals surface area contributed by atoms with Gasteiger partial charge in [-0.3, -0.25) is 0 Å². The maximum atomic E-state index is 5.51. The van der Waals surface area contributed by atoms with E-state index in [0.717, 1.165) is 39.5 Å². The third-order valence-electron chi connectivity index (χ3n) is 4.28. The summed E-state index contributed by atoms with van der Waals surface area (Å²) >= 11 is 0. The molecule has 1 aliphatic rings. The van der Waals surface area contributed by atoms with E-state index in [1.165, 1.54) is 0 Å². The van der Waals surface area contributed by atoms with E-state index in [0.29, 0.717) is 0 Å². The minimum atomic E-state index is 0.253. The van der Waals surface area contributed by atoms with Crippen LogP contribution in [-0.4, -0.2) is 16.3 Å². The lowest BCUT2D eigenvalue weighted by Gasteiger charge is -2.03. The van der Waals surface area contributed by atoms with Gasteiger partial charge in [-0.2, -0.15) is 0 Å². The Morgan fingerprint density at radius 1 is 0.846 bits per heavy atom. The number of hydrogen-bond donors (Lipinski definition) is 0. The zero-order valence-corrected chi connectivity index (χ0v) is 13.8. The zero-order valence-electron chi connectivity index (χ0n) is 13.8. The first-order chi connectivity index (χ1) is 12.9. The van der Waals surface area contributed by atoms with Gasteiger partial charge in [0.05, 0.1) is 11.0 Å². The van der Waals surface area contributed by atoms with Gasteiger partial charge >= 0.3 is 0 Å². The number of ether oxygens (including phenoxy) is 2. The molecule has 1 aromatic heterocycles. The topological polar surface area (TPSA) is 36.3 Å². The largest absolute Gasteiger partial charge is 0.454 e. The Labute approximate surface area is 150 Å². The van der Waals surface area contributed by atoms with Crippen LogP contribution in [0.5, 0.6) is 11.5 Å². The monoisotopic (exact) mass is 338 g/mol. The second-order valence-corrected chi connectivity index (χ2v) is 5.93. The number of benzene rings is 3. The van der Waals surface area contributed by atoms with Gasteiger partial charge in [-0.05, 0) is 48.4 Å². The number of hydrogen-bond acceptors (Lipinski definition) is 3. The molecule has 1 aliphatic heterocycles. The highest BCUT2D eigenvalue weighted by Crippen LogP contribution is 2.36. The van der Waals surface area contributed by atoms with Crippen molar-refractivity contribution in [1.29, 1.82) is 0 Å². The van der Waals surface area contributed by atoms with Crippen LogP contribution in [0.25, 0.3) is 22.4 Å². The molecule has 4 nitrogen and oxygen atoms in total. The molecule has 0 bridgehead atoms. The molecule has 0 saturated heterocycles. The van der Waals surface area contributed by atoms with Crippen LogP contribution in [0.15, 0.2) is 72.8 Å². The van der Waals surface area contributed by atoms with Crippen LogP contribution in [0, 0.1) is 12.0 Å². The van der Waals surface area contributed by atoms with E-state index in [1.54, 1.807) is 0 Å². The van der Waals surface area contributed by atoms with Gasteiger partial charge in [0.2, 0.25) is 6.79 Å². The molecular formula is C22H14N2O2. The quantitative estimate of drug-likeness (QED) is 0.486. The number of rotatable bonds is 1. The first-order valence-electron chi connectivity index (χ1n) is 8.33. The summed E-state index contributed by atoms with van der Waals surface area (Å²) in [6, 6.07) is 27.0. The Hall–Kier alpha value is -3.71. The lowest BCUT2D eigenvalue weighted by atomic mass is 10.2. The summed E-state index contributed by atoms with van der Waals surface area (Å²) in [7, 11) is 0. The Balaban J connectivity index is 1.69. The minimum absolute atomic E-state index is 0.253. The van der Waals surface area contributed by atoms with Gasteiger partial charge in [0, 0.05) is 17.2 Å². The minimum Gasteiger partial charge on any atom is -0.454 e. The zero-order chi connectivity index (χ0) is 17.3. The van der Waals surface area contributed by atoms with Crippen LogP contribution < -0.4 is 9.47 Å². The van der Waals surface area contributed by atoms with Crippen molar-refractivity contribution in [2.45, 2.75) is 0 Å². The molecule has 0 spiro atoms. The lowest BCUT2D eigenvalue weighted by molar-refractivity contribution is 0.174. The second-order valence-electron chi connectivity index (χ2n) is 5.93. The van der Waals surface area contributed by atoms with Crippen molar-refractivity contribution in [2.75, 3.05) is 6.79 Å². The molecule has 0 atom stereocenters. The lowest BCUT2D eigenvalue weighted by Crippen LogP contribution is -1.94. The number of fused-ring (bicyclic) bond motifs is 2. The first-order valence-corrected chi connectivity index (χ1v) is 8.33. The van der Waals surface area contributed by atoms with Crippen LogP contribution >= 0.6 is 0 Å². The molecule has 124 valence electrons. The van der Waals surface area contributed by atoms with Gasteiger partial charge in [0.15, 0.2) is 17.3 Å². The van der Waals surface area contributed by atoms with E-state index in [1.807, 2.05) is 77.4 Å². The van der Waals surface area contributed by atoms with Gasteiger partial charge in [0.25, 0.3) is 0 Å². The SMILES string of the molecule is C(#Cn1c(-c2ccc3c(c2)OCO3)nc2ccccc21)c1ccccc1. The molecule has 0 saturated carbocycles. The van der Waals surface area contributed by atoms with Crippen molar-refractivity contribution in [3.05, 3.63) is 78.4 Å². The van der Waals surface area contributed by atoms with E-state index in [-0.39, 0.29) is 6.79 Å². The highest BCUT2D eigenvalue weighted by molar-refractivity contribution is 5.82. The third kappa shape index (κ3) is 2.47. The molecule has 4 aromatic rings. The highest BCUT2D eigenvalue weighted by atomic mass is 16.7. The van der Waals surface area contributed by atoms with Gasteiger partial charge in [-0.1, -0.05) is 30.3 Å². The predicted octanol–water partition coefficient (Wildman–Crippen LogP) is 4.29. The Kier molecular flexibility index (Phi) is 3.36. The molecule has 0 N–H and O–H groups in total. The summed E-state index contributed by atoms with van der Waals surface area (Å²) < 4.78 is 12.8. The third-order valence-corrected chi connectivity index (χ3v) is 4.28. The van der Waals surface area contributed by atoms with E-state index < -0.39 is 0 Å². The fourth-order valence-corrected chi connectivity index (χ4v) is 3.01. The standard InChI is InChI=1S/C22H14N2O2/c1-2-6-16(7-3-1)12-13-24-19-9-5-4-8-18(19)23-22(24)17-10-11-20-21(14-17)26-15-25-20/h1-11,14H,15H2. The predicted molar refractivity (Wildman–Crippen MR) is 100 cm³/mol. The maximum absolute atomic E-state index is 5.51. The van der Waals surface area contributed by atoms with Crippen LogP contribution in [0.2, 0.25) is 0 Å². The Morgan fingerprint density at radius 2 is 1.65 bits per heavy atom. The normalized spacial score (nSPS) is 12.0. The molecule has 26 heavy (non-hydrogen) atoms. The van der Waals surface area contributed by atoms with Crippen LogP contribution in [-0.2, 0) is 0 Å². The fraction of sp³-hybridized carbons (Fsp3) is 0.0455.